The van der Waals surface area contributed by atoms with Gasteiger partial charge in [-0.2, -0.15) is 0 Å². The highest BCUT2D eigenvalue weighted by Crippen LogP contribution is 2.17. The molecule has 1 atom stereocenters. The first-order valence-electron chi connectivity index (χ1n) is 9.13. The second-order valence-electron chi connectivity index (χ2n) is 6.66. The van der Waals surface area contributed by atoms with E-state index in [2.05, 4.69) is 20.2 Å². The van der Waals surface area contributed by atoms with Gasteiger partial charge in [-0.05, 0) is 44.9 Å². The Labute approximate surface area is 158 Å². The number of aromatic nitrogens is 2. The number of carbonyl (C=O) groups excluding carboxylic acids is 2. The highest BCUT2D eigenvalue weighted by atomic mass is 16.5. The van der Waals surface area contributed by atoms with Crippen LogP contribution in [0.2, 0.25) is 0 Å². The minimum atomic E-state index is -0.636. The molecule has 3 rings (SSSR count). The maximum Gasteiger partial charge on any atom is 0.260 e. The number of benzene rings is 1. The fourth-order valence-corrected chi connectivity index (χ4v) is 3.04. The van der Waals surface area contributed by atoms with Gasteiger partial charge in [-0.25, -0.2) is 9.97 Å². The van der Waals surface area contributed by atoms with Crippen LogP contribution >= 0.6 is 0 Å². The number of ether oxygens (including phenoxy) is 1. The molecule has 1 aromatic heterocycles. The minimum Gasteiger partial charge on any atom is -0.481 e. The number of nitrogens with one attached hydrogen (secondary N) is 1. The van der Waals surface area contributed by atoms with Crippen molar-refractivity contribution < 1.29 is 14.3 Å². The Bertz CT molecular complexity index is 789. The summed E-state index contributed by atoms with van der Waals surface area (Å²) in [6, 6.07) is 8.78. The molecule has 142 valence electrons. The fraction of sp³-hybridized carbons (Fsp3) is 0.400. The van der Waals surface area contributed by atoms with Crippen molar-refractivity contribution in [2.75, 3.05) is 18.0 Å². The van der Waals surface area contributed by atoms with E-state index in [1.54, 1.807) is 49.6 Å². The van der Waals surface area contributed by atoms with Crippen molar-refractivity contribution in [3.63, 3.8) is 0 Å². The van der Waals surface area contributed by atoms with Gasteiger partial charge in [0.2, 0.25) is 5.95 Å². The van der Waals surface area contributed by atoms with E-state index in [0.717, 1.165) is 31.9 Å². The van der Waals surface area contributed by atoms with Gasteiger partial charge in [0.05, 0.1) is 0 Å². The van der Waals surface area contributed by atoms with Gasteiger partial charge in [0.1, 0.15) is 5.75 Å². The van der Waals surface area contributed by atoms with Gasteiger partial charge in [0.25, 0.3) is 5.91 Å². The molecule has 1 saturated heterocycles. The molecule has 2 aromatic rings. The van der Waals surface area contributed by atoms with Crippen LogP contribution in [0.15, 0.2) is 42.7 Å². The van der Waals surface area contributed by atoms with E-state index in [-0.39, 0.29) is 17.7 Å². The van der Waals surface area contributed by atoms with E-state index in [1.165, 1.54) is 6.92 Å². The van der Waals surface area contributed by atoms with Gasteiger partial charge in [-0.1, -0.05) is 12.1 Å². The Balaban J connectivity index is 1.49. The highest BCUT2D eigenvalue weighted by molar-refractivity contribution is 5.94. The molecule has 0 unspecified atom stereocenters. The van der Waals surface area contributed by atoms with Crippen molar-refractivity contribution in [2.24, 2.45) is 0 Å². The molecule has 2 heterocycles. The van der Waals surface area contributed by atoms with Crippen LogP contribution in [0, 0.1) is 0 Å². The molecule has 0 radical (unpaired) electrons. The van der Waals surface area contributed by atoms with E-state index in [1.807, 2.05) is 0 Å². The summed E-state index contributed by atoms with van der Waals surface area (Å²) in [5.74, 6) is 1.05. The number of carbonyl (C=O) groups is 2. The SMILES string of the molecule is CC(=O)c1cccc(O[C@@H](C)C(=O)NC2CCN(c3ncccn3)CC2)c1. The van der Waals surface area contributed by atoms with Crippen molar-refractivity contribution in [2.45, 2.75) is 38.8 Å². The third-order valence-electron chi connectivity index (χ3n) is 4.60. The molecule has 1 aliphatic rings. The number of rotatable bonds is 6. The predicted molar refractivity (Wildman–Crippen MR) is 102 cm³/mol. The van der Waals surface area contributed by atoms with Crippen molar-refractivity contribution in [1.29, 1.82) is 0 Å². The largest absolute Gasteiger partial charge is 0.481 e. The lowest BCUT2D eigenvalue weighted by Gasteiger charge is -2.32. The maximum absolute atomic E-state index is 12.4. The van der Waals surface area contributed by atoms with Crippen molar-refractivity contribution in [1.82, 2.24) is 15.3 Å². The zero-order valence-electron chi connectivity index (χ0n) is 15.6. The summed E-state index contributed by atoms with van der Waals surface area (Å²) in [7, 11) is 0. The van der Waals surface area contributed by atoms with Gasteiger partial charge in [-0.3, -0.25) is 9.59 Å². The smallest absolute Gasteiger partial charge is 0.260 e. The van der Waals surface area contributed by atoms with Crippen LogP contribution in [-0.2, 0) is 4.79 Å². The molecule has 1 aromatic carbocycles. The first-order valence-corrected chi connectivity index (χ1v) is 9.13. The van der Waals surface area contributed by atoms with Crippen LogP contribution in [0.25, 0.3) is 0 Å². The summed E-state index contributed by atoms with van der Waals surface area (Å²) in [6.45, 7) is 4.81. The van der Waals surface area contributed by atoms with Crippen LogP contribution < -0.4 is 15.0 Å². The number of ketones is 1. The third kappa shape index (κ3) is 5.03. The van der Waals surface area contributed by atoms with E-state index < -0.39 is 6.10 Å². The van der Waals surface area contributed by atoms with Crippen molar-refractivity contribution >= 4 is 17.6 Å². The number of Topliss-reactive ketones (excluding diaryl/α,β-unsaturated/α-hetero) is 1. The van der Waals surface area contributed by atoms with Gasteiger partial charge in [0.15, 0.2) is 11.9 Å². The summed E-state index contributed by atoms with van der Waals surface area (Å²) >= 11 is 0. The summed E-state index contributed by atoms with van der Waals surface area (Å²) in [5.41, 5.74) is 0.565. The van der Waals surface area contributed by atoms with Crippen molar-refractivity contribution in [3.05, 3.63) is 48.3 Å². The Hall–Kier alpha value is -2.96. The number of amides is 1. The monoisotopic (exact) mass is 368 g/mol. The first-order chi connectivity index (χ1) is 13.0. The van der Waals surface area contributed by atoms with Gasteiger partial charge in [-0.15, -0.1) is 0 Å². The molecule has 1 aliphatic heterocycles. The zero-order valence-corrected chi connectivity index (χ0v) is 15.6. The second kappa shape index (κ2) is 8.62. The Morgan fingerprint density at radius 3 is 2.56 bits per heavy atom. The average Bonchev–Trinajstić information content (AvgIpc) is 2.69. The Morgan fingerprint density at radius 1 is 1.19 bits per heavy atom. The van der Waals surface area contributed by atoms with Gasteiger partial charge < -0.3 is 15.0 Å². The Kier molecular flexibility index (Phi) is 6.01. The van der Waals surface area contributed by atoms with E-state index in [0.29, 0.717) is 11.3 Å². The number of anilines is 1. The van der Waals surface area contributed by atoms with Gasteiger partial charge in [0, 0.05) is 37.1 Å². The van der Waals surface area contributed by atoms with Gasteiger partial charge >= 0.3 is 0 Å². The fourth-order valence-electron chi connectivity index (χ4n) is 3.04. The topological polar surface area (TPSA) is 84.4 Å². The molecule has 0 saturated carbocycles. The van der Waals surface area contributed by atoms with E-state index >= 15 is 0 Å². The molecule has 0 bridgehead atoms. The molecule has 1 amide bonds. The Morgan fingerprint density at radius 2 is 1.89 bits per heavy atom. The molecule has 7 nitrogen and oxygen atoms in total. The maximum atomic E-state index is 12.4. The van der Waals surface area contributed by atoms with Crippen LogP contribution in [0.3, 0.4) is 0 Å². The molecule has 0 spiro atoms. The van der Waals surface area contributed by atoms with E-state index in [4.69, 9.17) is 4.74 Å². The molecule has 27 heavy (non-hydrogen) atoms. The predicted octanol–water partition coefficient (Wildman–Crippen LogP) is 2.23. The normalized spacial score (nSPS) is 15.9. The van der Waals surface area contributed by atoms with Crippen molar-refractivity contribution in [3.8, 4) is 5.75 Å². The summed E-state index contributed by atoms with van der Waals surface area (Å²) in [4.78, 5) is 34.6. The highest BCUT2D eigenvalue weighted by Gasteiger charge is 2.24. The molecule has 0 aliphatic carbocycles. The molecule has 1 N–H and O–H groups in total. The zero-order chi connectivity index (χ0) is 19.2. The standard InChI is InChI=1S/C20H24N4O3/c1-14(25)16-5-3-6-18(13-16)27-15(2)19(26)23-17-7-11-24(12-8-17)20-21-9-4-10-22-20/h3-6,9-10,13,15,17H,7-8,11-12H2,1-2H3,(H,23,26)/t15-/m0/s1. The van der Waals surface area contributed by atoms with Crippen LogP contribution in [-0.4, -0.2) is 46.9 Å². The summed E-state index contributed by atoms with van der Waals surface area (Å²) < 4.78 is 5.70. The third-order valence-corrected chi connectivity index (χ3v) is 4.60. The minimum absolute atomic E-state index is 0.0355. The summed E-state index contributed by atoms with van der Waals surface area (Å²) in [5, 5.41) is 3.05. The summed E-state index contributed by atoms with van der Waals surface area (Å²) in [6.07, 6.45) is 4.49. The lowest BCUT2D eigenvalue weighted by atomic mass is 10.1. The molecular weight excluding hydrogens is 344 g/mol. The number of hydrogen-bond acceptors (Lipinski definition) is 6. The van der Waals surface area contributed by atoms with Crippen LogP contribution in [0.4, 0.5) is 5.95 Å². The number of nitrogens with zero attached hydrogens (tertiary/aromatic N) is 3. The number of hydrogen-bond donors (Lipinski definition) is 1. The molecular formula is C20H24N4O3. The second-order valence-corrected chi connectivity index (χ2v) is 6.66. The van der Waals surface area contributed by atoms with E-state index in [9.17, 15) is 9.59 Å². The van der Waals surface area contributed by atoms with Crippen LogP contribution in [0.5, 0.6) is 5.75 Å². The first kappa shape index (κ1) is 18.8. The quantitative estimate of drug-likeness (QED) is 0.787. The lowest BCUT2D eigenvalue weighted by molar-refractivity contribution is -0.128. The molecule has 1 fully saturated rings. The van der Waals surface area contributed by atoms with Crippen LogP contribution in [0.1, 0.15) is 37.0 Å². The average molecular weight is 368 g/mol. The number of piperidine rings is 1. The molecule has 7 heteroatoms. The lowest BCUT2D eigenvalue weighted by Crippen LogP contribution is -2.48.